The fraction of sp³-hybridized carbons (Fsp3) is 0.900. The van der Waals surface area contributed by atoms with Crippen LogP contribution >= 0.6 is 0 Å². The Morgan fingerprint density at radius 1 is 0.917 bits per heavy atom. The first-order valence-corrected chi connectivity index (χ1v) is 10.1. The summed E-state index contributed by atoms with van der Waals surface area (Å²) in [5.74, 6) is 2.26. The molecule has 5 aliphatic carbocycles. The van der Waals surface area contributed by atoms with Crippen molar-refractivity contribution in [2.24, 2.45) is 23.2 Å². The van der Waals surface area contributed by atoms with Crippen molar-refractivity contribution in [1.82, 2.24) is 5.32 Å². The standard InChI is InChI=1S/C20H31NO3/c22-18(21-17-4-2-1-3-5-17)13-24-19(23)12-20-9-14-6-15(10-20)8-16(7-14)11-20/h14-17H,1-13H2,(H,21,22). The van der Waals surface area contributed by atoms with E-state index >= 15 is 0 Å². The molecule has 24 heavy (non-hydrogen) atoms. The third kappa shape index (κ3) is 3.62. The molecule has 0 heterocycles. The van der Waals surface area contributed by atoms with Gasteiger partial charge in [0.2, 0.25) is 0 Å². The van der Waals surface area contributed by atoms with E-state index in [0.29, 0.717) is 6.42 Å². The number of rotatable bonds is 5. The summed E-state index contributed by atoms with van der Waals surface area (Å²) >= 11 is 0. The van der Waals surface area contributed by atoms with Gasteiger partial charge in [0.15, 0.2) is 6.61 Å². The zero-order valence-corrected chi connectivity index (χ0v) is 14.7. The Kier molecular flexibility index (Phi) is 4.57. The third-order valence-corrected chi connectivity index (χ3v) is 7.02. The van der Waals surface area contributed by atoms with Crippen molar-refractivity contribution in [3.63, 3.8) is 0 Å². The van der Waals surface area contributed by atoms with Crippen LogP contribution in [0, 0.1) is 23.2 Å². The summed E-state index contributed by atoms with van der Waals surface area (Å²) in [5, 5.41) is 3.02. The maximum absolute atomic E-state index is 12.3. The zero-order chi connectivity index (χ0) is 16.6. The van der Waals surface area contributed by atoms with Gasteiger partial charge in [-0.2, -0.15) is 0 Å². The number of hydrogen-bond acceptors (Lipinski definition) is 3. The van der Waals surface area contributed by atoms with Crippen LogP contribution in [0.3, 0.4) is 0 Å². The summed E-state index contributed by atoms with van der Waals surface area (Å²) < 4.78 is 5.33. The molecule has 1 amide bonds. The molecular weight excluding hydrogens is 302 g/mol. The quantitative estimate of drug-likeness (QED) is 0.782. The van der Waals surface area contributed by atoms with Gasteiger partial charge in [0, 0.05) is 6.04 Å². The van der Waals surface area contributed by atoms with E-state index < -0.39 is 0 Å². The first kappa shape index (κ1) is 16.4. The van der Waals surface area contributed by atoms with Gasteiger partial charge in [0.25, 0.3) is 5.91 Å². The number of amides is 1. The molecule has 5 aliphatic rings. The molecule has 0 unspecified atom stereocenters. The molecule has 0 aliphatic heterocycles. The molecule has 5 rings (SSSR count). The molecule has 1 N–H and O–H groups in total. The van der Waals surface area contributed by atoms with Crippen molar-refractivity contribution in [2.75, 3.05) is 6.61 Å². The topological polar surface area (TPSA) is 55.4 Å². The van der Waals surface area contributed by atoms with E-state index in [1.165, 1.54) is 57.8 Å². The van der Waals surface area contributed by atoms with Gasteiger partial charge in [0.1, 0.15) is 0 Å². The Balaban J connectivity index is 1.23. The van der Waals surface area contributed by atoms with Crippen LogP contribution in [0.15, 0.2) is 0 Å². The predicted octanol–water partition coefficient (Wildman–Crippen LogP) is 3.59. The molecule has 0 aromatic carbocycles. The van der Waals surface area contributed by atoms with Crippen LogP contribution in [0.1, 0.15) is 77.0 Å². The highest BCUT2D eigenvalue weighted by molar-refractivity contribution is 5.80. The Morgan fingerprint density at radius 3 is 2.08 bits per heavy atom. The van der Waals surface area contributed by atoms with Crippen LogP contribution in [0.4, 0.5) is 0 Å². The number of ether oxygens (including phenoxy) is 1. The molecule has 0 aromatic rings. The van der Waals surface area contributed by atoms with Gasteiger partial charge in [-0.1, -0.05) is 19.3 Å². The van der Waals surface area contributed by atoms with E-state index in [4.69, 9.17) is 4.74 Å². The summed E-state index contributed by atoms with van der Waals surface area (Å²) in [6.45, 7) is -0.0955. The largest absolute Gasteiger partial charge is 0.456 e. The molecule has 0 aromatic heterocycles. The Labute approximate surface area is 145 Å². The number of esters is 1. The van der Waals surface area contributed by atoms with E-state index in [9.17, 15) is 9.59 Å². The average molecular weight is 333 g/mol. The summed E-state index contributed by atoms with van der Waals surface area (Å²) in [6, 6.07) is 0.285. The lowest BCUT2D eigenvalue weighted by Crippen LogP contribution is -2.47. The fourth-order valence-electron chi connectivity index (χ4n) is 6.53. The summed E-state index contributed by atoms with van der Waals surface area (Å²) in [4.78, 5) is 24.3. The van der Waals surface area contributed by atoms with E-state index in [2.05, 4.69) is 5.32 Å². The molecule has 0 saturated heterocycles. The lowest BCUT2D eigenvalue weighted by molar-refractivity contribution is -0.155. The maximum atomic E-state index is 12.3. The molecule has 5 saturated carbocycles. The van der Waals surface area contributed by atoms with Gasteiger partial charge in [-0.15, -0.1) is 0 Å². The summed E-state index contributed by atoms with van der Waals surface area (Å²) in [5.41, 5.74) is 0.200. The number of nitrogens with one attached hydrogen (secondary N) is 1. The highest BCUT2D eigenvalue weighted by Crippen LogP contribution is 2.61. The highest BCUT2D eigenvalue weighted by Gasteiger charge is 2.51. The second-order valence-electron chi connectivity index (χ2n) is 9.16. The second kappa shape index (κ2) is 6.68. The van der Waals surface area contributed by atoms with E-state index in [0.717, 1.165) is 30.6 Å². The van der Waals surface area contributed by atoms with Gasteiger partial charge in [-0.25, -0.2) is 0 Å². The van der Waals surface area contributed by atoms with E-state index in [-0.39, 0.29) is 29.9 Å². The minimum absolute atomic E-state index is 0.0955. The highest BCUT2D eigenvalue weighted by atomic mass is 16.5. The predicted molar refractivity (Wildman–Crippen MR) is 91.2 cm³/mol. The minimum atomic E-state index is -0.157. The number of hydrogen-bond donors (Lipinski definition) is 1. The molecule has 134 valence electrons. The van der Waals surface area contributed by atoms with Crippen molar-refractivity contribution >= 4 is 11.9 Å². The van der Waals surface area contributed by atoms with Crippen molar-refractivity contribution in [3.05, 3.63) is 0 Å². The molecule has 4 nitrogen and oxygen atoms in total. The van der Waals surface area contributed by atoms with Crippen LogP contribution in [0.25, 0.3) is 0 Å². The number of carbonyl (C=O) groups excluding carboxylic acids is 2. The van der Waals surface area contributed by atoms with Crippen LogP contribution in [-0.2, 0) is 14.3 Å². The molecular formula is C20H31NO3. The first-order valence-electron chi connectivity index (χ1n) is 10.1. The van der Waals surface area contributed by atoms with Gasteiger partial charge in [-0.05, 0) is 74.5 Å². The van der Waals surface area contributed by atoms with Gasteiger partial charge >= 0.3 is 5.97 Å². The fourth-order valence-corrected chi connectivity index (χ4v) is 6.53. The molecule has 0 atom stereocenters. The Morgan fingerprint density at radius 2 is 1.50 bits per heavy atom. The lowest BCUT2D eigenvalue weighted by atomic mass is 9.49. The van der Waals surface area contributed by atoms with Crippen LogP contribution in [0.2, 0.25) is 0 Å². The Bertz CT molecular complexity index is 460. The average Bonchev–Trinajstić information content (AvgIpc) is 2.52. The van der Waals surface area contributed by atoms with Crippen molar-refractivity contribution < 1.29 is 14.3 Å². The van der Waals surface area contributed by atoms with Crippen LogP contribution in [0.5, 0.6) is 0 Å². The molecule has 5 fully saturated rings. The SMILES string of the molecule is O=C(COC(=O)CC12CC3CC(CC(C3)C1)C2)NC1CCCCC1. The van der Waals surface area contributed by atoms with Crippen molar-refractivity contribution in [2.45, 2.75) is 83.1 Å². The van der Waals surface area contributed by atoms with Crippen molar-refractivity contribution in [3.8, 4) is 0 Å². The molecule has 4 bridgehead atoms. The van der Waals surface area contributed by atoms with Gasteiger partial charge in [-0.3, -0.25) is 9.59 Å². The van der Waals surface area contributed by atoms with Gasteiger partial charge in [0.05, 0.1) is 6.42 Å². The smallest absolute Gasteiger partial charge is 0.306 e. The normalized spacial score (nSPS) is 38.1. The molecule has 4 heteroatoms. The molecule has 0 spiro atoms. The minimum Gasteiger partial charge on any atom is -0.456 e. The van der Waals surface area contributed by atoms with Crippen molar-refractivity contribution in [1.29, 1.82) is 0 Å². The maximum Gasteiger partial charge on any atom is 0.306 e. The van der Waals surface area contributed by atoms with Crippen LogP contribution in [-0.4, -0.2) is 24.5 Å². The Hall–Kier alpha value is -1.06. The second-order valence-corrected chi connectivity index (χ2v) is 9.16. The third-order valence-electron chi connectivity index (χ3n) is 7.02. The zero-order valence-electron chi connectivity index (χ0n) is 14.7. The summed E-state index contributed by atoms with van der Waals surface area (Å²) in [7, 11) is 0. The summed E-state index contributed by atoms with van der Waals surface area (Å²) in [6.07, 6.45) is 14.1. The monoisotopic (exact) mass is 333 g/mol. The first-order chi connectivity index (χ1) is 11.6. The molecule has 0 radical (unpaired) electrons. The number of carbonyl (C=O) groups is 2. The van der Waals surface area contributed by atoms with Gasteiger partial charge < -0.3 is 10.1 Å². The van der Waals surface area contributed by atoms with E-state index in [1.807, 2.05) is 0 Å². The van der Waals surface area contributed by atoms with E-state index in [1.54, 1.807) is 0 Å². The van der Waals surface area contributed by atoms with Crippen LogP contribution < -0.4 is 5.32 Å². The lowest BCUT2D eigenvalue weighted by Gasteiger charge is -2.56.